The standard InChI is InChI=1S/C27H23N3O4/c1-18(19-5-3-2-4-6-19)33-26(32)28-25-24(29-34-30-25)22-9-7-20(8-10-22)21-11-13-23(14-12-21)27(17-31)15-16-27/h2-14,17-18H,15-16H2,1H3,(H,28,30,32)/t18-/m1/s1. The first-order valence-electron chi connectivity index (χ1n) is 11.1. The molecule has 0 bridgehead atoms. The van der Waals surface area contributed by atoms with Crippen molar-refractivity contribution in [2.24, 2.45) is 0 Å². The van der Waals surface area contributed by atoms with Crippen LogP contribution in [-0.4, -0.2) is 22.7 Å². The zero-order valence-corrected chi connectivity index (χ0v) is 18.6. The fourth-order valence-electron chi connectivity index (χ4n) is 3.96. The molecule has 1 aromatic heterocycles. The van der Waals surface area contributed by atoms with E-state index in [-0.39, 0.29) is 11.2 Å². The lowest BCUT2D eigenvalue weighted by Crippen LogP contribution is -2.16. The molecule has 170 valence electrons. The number of carbonyl (C=O) groups excluding carboxylic acids is 2. The normalized spacial score (nSPS) is 14.7. The summed E-state index contributed by atoms with van der Waals surface area (Å²) in [7, 11) is 0. The maximum absolute atomic E-state index is 12.4. The molecule has 1 heterocycles. The van der Waals surface area contributed by atoms with Crippen LogP contribution in [0.25, 0.3) is 22.4 Å². The number of hydrogen-bond donors (Lipinski definition) is 1. The van der Waals surface area contributed by atoms with Gasteiger partial charge in [0.25, 0.3) is 0 Å². The predicted octanol–water partition coefficient (Wildman–Crippen LogP) is 5.94. The molecule has 1 saturated carbocycles. The minimum Gasteiger partial charge on any atom is -0.441 e. The molecule has 1 aliphatic rings. The molecule has 1 amide bonds. The van der Waals surface area contributed by atoms with Crippen molar-refractivity contribution in [3.05, 3.63) is 90.0 Å². The lowest BCUT2D eigenvalue weighted by molar-refractivity contribution is -0.109. The van der Waals surface area contributed by atoms with Crippen LogP contribution in [0.1, 0.15) is 37.0 Å². The Bertz CT molecular complexity index is 1290. The number of amides is 1. The lowest BCUT2D eigenvalue weighted by Gasteiger charge is -2.13. The van der Waals surface area contributed by atoms with Crippen molar-refractivity contribution in [2.75, 3.05) is 5.32 Å². The molecule has 5 rings (SSSR count). The zero-order valence-electron chi connectivity index (χ0n) is 18.6. The molecule has 1 aliphatic carbocycles. The van der Waals surface area contributed by atoms with Gasteiger partial charge in [-0.3, -0.25) is 5.32 Å². The minimum atomic E-state index is -0.645. The first-order chi connectivity index (χ1) is 16.6. The van der Waals surface area contributed by atoms with Gasteiger partial charge in [0, 0.05) is 5.56 Å². The average Bonchev–Trinajstić information content (AvgIpc) is 3.56. The topological polar surface area (TPSA) is 94.3 Å². The van der Waals surface area contributed by atoms with Crippen LogP contribution < -0.4 is 5.32 Å². The van der Waals surface area contributed by atoms with Gasteiger partial charge in [0.1, 0.15) is 12.4 Å². The lowest BCUT2D eigenvalue weighted by atomic mass is 9.94. The number of nitrogens with one attached hydrogen (secondary N) is 1. The van der Waals surface area contributed by atoms with Crippen molar-refractivity contribution in [1.82, 2.24) is 10.3 Å². The highest BCUT2D eigenvalue weighted by atomic mass is 16.6. The van der Waals surface area contributed by atoms with Crippen LogP contribution >= 0.6 is 0 Å². The predicted molar refractivity (Wildman–Crippen MR) is 127 cm³/mol. The number of aromatic nitrogens is 2. The van der Waals surface area contributed by atoms with Crippen molar-refractivity contribution >= 4 is 18.2 Å². The summed E-state index contributed by atoms with van der Waals surface area (Å²) in [5.74, 6) is 0.186. The van der Waals surface area contributed by atoms with E-state index in [1.807, 2.05) is 78.9 Å². The number of hydrogen-bond acceptors (Lipinski definition) is 6. The molecule has 0 saturated heterocycles. The molecule has 7 nitrogen and oxygen atoms in total. The van der Waals surface area contributed by atoms with Gasteiger partial charge in [0.15, 0.2) is 5.69 Å². The zero-order chi connectivity index (χ0) is 23.5. The van der Waals surface area contributed by atoms with E-state index in [2.05, 4.69) is 15.6 Å². The second-order valence-corrected chi connectivity index (χ2v) is 8.47. The third-order valence-electron chi connectivity index (χ3n) is 6.23. The Morgan fingerprint density at radius 3 is 2.18 bits per heavy atom. The van der Waals surface area contributed by atoms with Crippen molar-refractivity contribution in [3.8, 4) is 22.4 Å². The molecule has 1 N–H and O–H groups in total. The summed E-state index contributed by atoms with van der Waals surface area (Å²) in [4.78, 5) is 23.7. The third kappa shape index (κ3) is 4.32. The summed E-state index contributed by atoms with van der Waals surface area (Å²) in [6.45, 7) is 1.80. The first-order valence-corrected chi connectivity index (χ1v) is 11.1. The number of rotatable bonds is 7. The van der Waals surface area contributed by atoms with E-state index in [9.17, 15) is 9.59 Å². The SMILES string of the molecule is C[C@@H](OC(=O)Nc1nonc1-c1ccc(-c2ccc(C3(C=O)CC3)cc2)cc1)c1ccccc1. The molecule has 4 aromatic rings. The monoisotopic (exact) mass is 453 g/mol. The van der Waals surface area contributed by atoms with Crippen LogP contribution in [0, 0.1) is 0 Å². The Hall–Kier alpha value is -4.26. The van der Waals surface area contributed by atoms with Crippen molar-refractivity contribution in [2.45, 2.75) is 31.3 Å². The average molecular weight is 453 g/mol. The van der Waals surface area contributed by atoms with Gasteiger partial charge in [-0.2, -0.15) is 0 Å². The van der Waals surface area contributed by atoms with Crippen LogP contribution in [0.15, 0.2) is 83.5 Å². The van der Waals surface area contributed by atoms with Crippen molar-refractivity contribution in [1.29, 1.82) is 0 Å². The summed E-state index contributed by atoms with van der Waals surface area (Å²) in [6, 6.07) is 25.3. The Labute approximate surface area is 196 Å². The first kappa shape index (κ1) is 21.6. The molecule has 0 spiro atoms. The summed E-state index contributed by atoms with van der Waals surface area (Å²) in [5, 5.41) is 10.4. The molecule has 34 heavy (non-hydrogen) atoms. The molecule has 0 unspecified atom stereocenters. The Balaban J connectivity index is 1.27. The van der Waals surface area contributed by atoms with E-state index < -0.39 is 12.2 Å². The van der Waals surface area contributed by atoms with Gasteiger partial charge < -0.3 is 9.53 Å². The molecule has 1 fully saturated rings. The van der Waals surface area contributed by atoms with Gasteiger partial charge >= 0.3 is 6.09 Å². The number of aldehydes is 1. The smallest absolute Gasteiger partial charge is 0.413 e. The van der Waals surface area contributed by atoms with Gasteiger partial charge in [-0.05, 0) is 52.3 Å². The summed E-state index contributed by atoms with van der Waals surface area (Å²) >= 11 is 0. The van der Waals surface area contributed by atoms with E-state index in [1.165, 1.54) is 0 Å². The molecular weight excluding hydrogens is 430 g/mol. The number of anilines is 1. The quantitative estimate of drug-likeness (QED) is 0.348. The highest BCUT2D eigenvalue weighted by Crippen LogP contribution is 2.46. The fourth-order valence-corrected chi connectivity index (χ4v) is 3.96. The molecule has 3 aromatic carbocycles. The van der Waals surface area contributed by atoms with Gasteiger partial charge in [0.05, 0.1) is 5.41 Å². The summed E-state index contributed by atoms with van der Waals surface area (Å²) in [5.41, 5.74) is 4.91. The van der Waals surface area contributed by atoms with Gasteiger partial charge in [-0.15, -0.1) is 0 Å². The van der Waals surface area contributed by atoms with Gasteiger partial charge in [0.2, 0.25) is 5.82 Å². The number of carbonyl (C=O) groups is 2. The van der Waals surface area contributed by atoms with E-state index in [1.54, 1.807) is 6.92 Å². The van der Waals surface area contributed by atoms with E-state index in [4.69, 9.17) is 9.37 Å². The van der Waals surface area contributed by atoms with E-state index in [0.29, 0.717) is 5.69 Å². The molecule has 1 atom stereocenters. The van der Waals surface area contributed by atoms with Crippen molar-refractivity contribution in [3.63, 3.8) is 0 Å². The van der Waals surface area contributed by atoms with E-state index in [0.717, 1.165) is 46.9 Å². The second kappa shape index (κ2) is 8.94. The highest BCUT2D eigenvalue weighted by Gasteiger charge is 2.44. The summed E-state index contributed by atoms with van der Waals surface area (Å²) < 4.78 is 10.3. The van der Waals surface area contributed by atoms with Crippen LogP contribution in [0.3, 0.4) is 0 Å². The van der Waals surface area contributed by atoms with Crippen LogP contribution in [0.4, 0.5) is 10.6 Å². The van der Waals surface area contributed by atoms with Crippen LogP contribution in [0.5, 0.6) is 0 Å². The largest absolute Gasteiger partial charge is 0.441 e. The van der Waals surface area contributed by atoms with Crippen LogP contribution in [0.2, 0.25) is 0 Å². The Morgan fingerprint density at radius 1 is 0.941 bits per heavy atom. The summed E-state index contributed by atoms with van der Waals surface area (Å²) in [6.07, 6.45) is 1.84. The van der Waals surface area contributed by atoms with E-state index >= 15 is 0 Å². The number of ether oxygens (including phenoxy) is 1. The third-order valence-corrected chi connectivity index (χ3v) is 6.23. The molecule has 0 aliphatic heterocycles. The molecular formula is C27H23N3O4. The number of nitrogens with zero attached hydrogens (tertiary/aromatic N) is 2. The van der Waals surface area contributed by atoms with Gasteiger partial charge in [-0.25, -0.2) is 9.42 Å². The minimum absolute atomic E-state index is 0.186. The highest BCUT2D eigenvalue weighted by molar-refractivity contribution is 5.88. The molecule has 0 radical (unpaired) electrons. The van der Waals surface area contributed by atoms with Crippen LogP contribution in [-0.2, 0) is 14.9 Å². The fraction of sp³-hybridized carbons (Fsp3) is 0.185. The second-order valence-electron chi connectivity index (χ2n) is 8.47. The maximum Gasteiger partial charge on any atom is 0.413 e. The van der Waals surface area contributed by atoms with Crippen molar-refractivity contribution < 1.29 is 19.0 Å². The number of benzene rings is 3. The Kier molecular flexibility index (Phi) is 5.67. The molecule has 7 heteroatoms. The Morgan fingerprint density at radius 2 is 1.56 bits per heavy atom. The van der Waals surface area contributed by atoms with Gasteiger partial charge in [-0.1, -0.05) is 78.9 Å². The maximum atomic E-state index is 12.4.